The predicted molar refractivity (Wildman–Crippen MR) is 104 cm³/mol. The molecule has 1 heterocycles. The third kappa shape index (κ3) is 6.44. The van der Waals surface area contributed by atoms with Crippen molar-refractivity contribution in [1.82, 2.24) is 9.80 Å². The summed E-state index contributed by atoms with van der Waals surface area (Å²) < 4.78 is 9.83. The molecule has 0 radical (unpaired) electrons. The first-order chi connectivity index (χ1) is 12.9. The van der Waals surface area contributed by atoms with Gasteiger partial charge in [0, 0.05) is 24.5 Å². The second kappa shape index (κ2) is 10.2. The van der Waals surface area contributed by atoms with Gasteiger partial charge in [-0.25, -0.2) is 0 Å². The number of carbonyl (C=O) groups is 3. The van der Waals surface area contributed by atoms with Gasteiger partial charge >= 0.3 is 5.97 Å². The van der Waals surface area contributed by atoms with E-state index < -0.39 is 0 Å². The topological polar surface area (TPSA) is 88.2 Å². The molecule has 27 heavy (non-hydrogen) atoms. The van der Waals surface area contributed by atoms with E-state index in [0.29, 0.717) is 30.3 Å². The number of nitrogens with zero attached hydrogens (tertiary/aromatic N) is 2. The summed E-state index contributed by atoms with van der Waals surface area (Å²) in [5.41, 5.74) is 0.662. The third-order valence-corrected chi connectivity index (χ3v) is 5.24. The Morgan fingerprint density at radius 3 is 2.56 bits per heavy atom. The molecule has 1 N–H and O–H groups in total. The fraction of sp³-hybridized carbons (Fsp3) is 0.500. The lowest BCUT2D eigenvalue weighted by Crippen LogP contribution is -2.48. The van der Waals surface area contributed by atoms with E-state index in [-0.39, 0.29) is 36.1 Å². The molecule has 1 aliphatic rings. The molecule has 0 spiro atoms. The van der Waals surface area contributed by atoms with Crippen LogP contribution < -0.4 is 10.1 Å². The normalized spacial score (nSPS) is 16.7. The summed E-state index contributed by atoms with van der Waals surface area (Å²) in [5, 5.41) is 2.43. The van der Waals surface area contributed by atoms with E-state index in [4.69, 9.17) is 9.47 Å². The average Bonchev–Trinajstić information content (AvgIpc) is 2.67. The zero-order valence-electron chi connectivity index (χ0n) is 15.8. The Kier molecular flexibility index (Phi) is 7.93. The number of hydrogen-bond donors (Lipinski definition) is 1. The first-order valence-corrected chi connectivity index (χ1v) is 9.57. The van der Waals surface area contributed by atoms with Crippen LogP contribution in [-0.2, 0) is 19.1 Å². The van der Waals surface area contributed by atoms with E-state index in [1.165, 1.54) is 18.9 Å². The smallest absolute Gasteiger partial charge is 0.320 e. The summed E-state index contributed by atoms with van der Waals surface area (Å²) in [7, 11) is 4.63. The molecular weight excluding hydrogens is 370 g/mol. The Labute approximate surface area is 163 Å². The number of amides is 2. The lowest BCUT2D eigenvalue weighted by atomic mass is 10.3. The van der Waals surface area contributed by atoms with Crippen molar-refractivity contribution in [2.75, 3.05) is 58.5 Å². The van der Waals surface area contributed by atoms with Crippen LogP contribution in [0.3, 0.4) is 0 Å². The lowest BCUT2D eigenvalue weighted by Gasteiger charge is -2.32. The van der Waals surface area contributed by atoms with Gasteiger partial charge < -0.3 is 19.7 Å². The Bertz CT molecular complexity index is 667. The van der Waals surface area contributed by atoms with Gasteiger partial charge in [0.1, 0.15) is 11.0 Å². The van der Waals surface area contributed by atoms with Gasteiger partial charge in [-0.3, -0.25) is 19.3 Å². The van der Waals surface area contributed by atoms with Crippen LogP contribution in [0, 0.1) is 0 Å². The van der Waals surface area contributed by atoms with E-state index in [1.54, 1.807) is 48.2 Å². The molecule has 1 saturated heterocycles. The summed E-state index contributed by atoms with van der Waals surface area (Å²) >= 11 is 1.50. The van der Waals surface area contributed by atoms with Crippen LogP contribution in [0.15, 0.2) is 24.3 Å². The van der Waals surface area contributed by atoms with E-state index in [9.17, 15) is 14.4 Å². The SMILES string of the molecule is COC(=O)[C@H]1CN(C(=O)CN(C)CC(=O)Nc2ccc(OC)cc2)CCS1. The lowest BCUT2D eigenvalue weighted by molar-refractivity contribution is -0.141. The maximum Gasteiger partial charge on any atom is 0.320 e. The molecule has 2 amide bonds. The number of esters is 1. The van der Waals surface area contributed by atoms with Crippen LogP contribution in [0.1, 0.15) is 0 Å². The fourth-order valence-electron chi connectivity index (χ4n) is 2.66. The van der Waals surface area contributed by atoms with Crippen LogP contribution in [-0.4, -0.2) is 86.0 Å². The molecule has 1 aromatic carbocycles. The molecule has 1 fully saturated rings. The van der Waals surface area contributed by atoms with Gasteiger partial charge in [0.25, 0.3) is 0 Å². The van der Waals surface area contributed by atoms with Crippen molar-refractivity contribution >= 4 is 35.2 Å². The number of anilines is 1. The molecule has 0 saturated carbocycles. The van der Waals surface area contributed by atoms with Gasteiger partial charge in [0.05, 0.1) is 27.3 Å². The van der Waals surface area contributed by atoms with Gasteiger partial charge in [0.2, 0.25) is 11.8 Å². The van der Waals surface area contributed by atoms with Crippen molar-refractivity contribution in [3.05, 3.63) is 24.3 Å². The van der Waals surface area contributed by atoms with Gasteiger partial charge in [-0.15, -0.1) is 11.8 Å². The van der Waals surface area contributed by atoms with Crippen molar-refractivity contribution in [1.29, 1.82) is 0 Å². The third-order valence-electron chi connectivity index (χ3n) is 4.08. The largest absolute Gasteiger partial charge is 0.497 e. The zero-order chi connectivity index (χ0) is 19.8. The molecule has 9 heteroatoms. The van der Waals surface area contributed by atoms with Crippen LogP contribution in [0.2, 0.25) is 0 Å². The quantitative estimate of drug-likeness (QED) is 0.680. The molecule has 2 rings (SSSR count). The molecule has 0 bridgehead atoms. The van der Waals surface area contributed by atoms with E-state index in [1.807, 2.05) is 0 Å². The van der Waals surface area contributed by atoms with Gasteiger partial charge in [-0.05, 0) is 31.3 Å². The van der Waals surface area contributed by atoms with Crippen molar-refractivity contribution in [3.63, 3.8) is 0 Å². The number of likely N-dealkylation sites (N-methyl/N-ethyl adjacent to an activating group) is 1. The molecule has 148 valence electrons. The fourth-order valence-corrected chi connectivity index (χ4v) is 3.78. The highest BCUT2D eigenvalue weighted by Crippen LogP contribution is 2.20. The highest BCUT2D eigenvalue weighted by atomic mass is 32.2. The molecule has 8 nitrogen and oxygen atoms in total. The average molecular weight is 395 g/mol. The van der Waals surface area contributed by atoms with E-state index in [0.717, 1.165) is 0 Å². The number of benzene rings is 1. The number of nitrogens with one attached hydrogen (secondary N) is 1. The summed E-state index contributed by atoms with van der Waals surface area (Å²) in [4.78, 5) is 39.6. The first-order valence-electron chi connectivity index (χ1n) is 8.52. The Balaban J connectivity index is 1.79. The number of ether oxygens (including phenoxy) is 2. The summed E-state index contributed by atoms with van der Waals surface area (Å²) in [6.45, 7) is 1.11. The standard InChI is InChI=1S/C18H25N3O5S/c1-20(11-16(22)19-13-4-6-14(25-2)7-5-13)12-17(23)21-8-9-27-15(10-21)18(24)26-3/h4-7,15H,8-12H2,1-3H3,(H,19,22)/t15-/m1/s1. The molecule has 0 unspecified atom stereocenters. The number of carbonyl (C=O) groups excluding carboxylic acids is 3. The monoisotopic (exact) mass is 395 g/mol. The summed E-state index contributed by atoms with van der Waals surface area (Å²) in [6.07, 6.45) is 0. The van der Waals surface area contributed by atoms with Crippen LogP contribution in [0.4, 0.5) is 5.69 Å². The minimum Gasteiger partial charge on any atom is -0.497 e. The van der Waals surface area contributed by atoms with Gasteiger partial charge in [-0.2, -0.15) is 0 Å². The molecular formula is C18H25N3O5S. The molecule has 0 aromatic heterocycles. The number of rotatable bonds is 7. The number of thioether (sulfide) groups is 1. The molecule has 1 atom stereocenters. The summed E-state index contributed by atoms with van der Waals surface area (Å²) in [6, 6.07) is 7.02. The Morgan fingerprint density at radius 1 is 1.22 bits per heavy atom. The molecule has 1 aliphatic heterocycles. The van der Waals surface area contributed by atoms with Crippen molar-refractivity contribution in [2.45, 2.75) is 5.25 Å². The minimum absolute atomic E-state index is 0.0841. The first kappa shape index (κ1) is 21.0. The number of methoxy groups -OCH3 is 2. The second-order valence-corrected chi connectivity index (χ2v) is 7.48. The van der Waals surface area contributed by atoms with Gasteiger partial charge in [-0.1, -0.05) is 0 Å². The maximum atomic E-state index is 12.5. The van der Waals surface area contributed by atoms with E-state index in [2.05, 4.69) is 5.32 Å². The highest BCUT2D eigenvalue weighted by Gasteiger charge is 2.30. The highest BCUT2D eigenvalue weighted by molar-refractivity contribution is 8.00. The van der Waals surface area contributed by atoms with Crippen molar-refractivity contribution in [3.8, 4) is 5.75 Å². The zero-order valence-corrected chi connectivity index (χ0v) is 16.6. The van der Waals surface area contributed by atoms with Crippen molar-refractivity contribution < 1.29 is 23.9 Å². The van der Waals surface area contributed by atoms with E-state index >= 15 is 0 Å². The number of hydrogen-bond acceptors (Lipinski definition) is 7. The molecule has 1 aromatic rings. The minimum atomic E-state index is -0.351. The van der Waals surface area contributed by atoms with Crippen LogP contribution in [0.25, 0.3) is 0 Å². The maximum absolute atomic E-state index is 12.5. The molecule has 0 aliphatic carbocycles. The predicted octanol–water partition coefficient (Wildman–Crippen LogP) is 0.683. The van der Waals surface area contributed by atoms with Crippen LogP contribution in [0.5, 0.6) is 5.75 Å². The Morgan fingerprint density at radius 2 is 1.93 bits per heavy atom. The Hall–Kier alpha value is -2.26. The van der Waals surface area contributed by atoms with Crippen molar-refractivity contribution in [2.24, 2.45) is 0 Å². The van der Waals surface area contributed by atoms with Gasteiger partial charge in [0.15, 0.2) is 0 Å². The van der Waals surface area contributed by atoms with Crippen LogP contribution >= 0.6 is 11.8 Å². The summed E-state index contributed by atoms with van der Waals surface area (Å²) in [5.74, 6) is 0.763. The second-order valence-electron chi connectivity index (χ2n) is 6.17.